The summed E-state index contributed by atoms with van der Waals surface area (Å²) in [5.74, 6) is 2.33. The Kier molecular flexibility index (Phi) is 3.73. The van der Waals surface area contributed by atoms with Crippen LogP contribution in [0, 0.1) is 10.1 Å². The summed E-state index contributed by atoms with van der Waals surface area (Å²) in [4.78, 5) is 14.8. The average Bonchev–Trinajstić information content (AvgIpc) is 2.48. The molecule has 0 atom stereocenters. The summed E-state index contributed by atoms with van der Waals surface area (Å²) in [7, 11) is 0. The molecule has 1 aliphatic heterocycles. The van der Waals surface area contributed by atoms with Crippen molar-refractivity contribution in [3.05, 3.63) is 40.7 Å². The summed E-state index contributed by atoms with van der Waals surface area (Å²) in [5, 5.41) is 16.1. The van der Waals surface area contributed by atoms with Gasteiger partial charge in [0, 0.05) is 35.6 Å². The van der Waals surface area contributed by atoms with Crippen LogP contribution in [-0.2, 0) is 0 Å². The zero-order chi connectivity index (χ0) is 13.9. The highest BCUT2D eigenvalue weighted by molar-refractivity contribution is 7.99. The van der Waals surface area contributed by atoms with Gasteiger partial charge in [0.25, 0.3) is 5.69 Å². The van der Waals surface area contributed by atoms with E-state index in [9.17, 15) is 10.1 Å². The number of aromatic nitrogens is 1. The summed E-state index contributed by atoms with van der Waals surface area (Å²) in [6.07, 6.45) is 5.55. The summed E-state index contributed by atoms with van der Waals surface area (Å²) >= 11 is 1.98. The van der Waals surface area contributed by atoms with E-state index in [4.69, 9.17) is 0 Å². The summed E-state index contributed by atoms with van der Waals surface area (Å²) in [5.41, 5.74) is 1.07. The number of nitrogens with one attached hydrogen (secondary N) is 1. The maximum Gasteiger partial charge on any atom is 0.277 e. The molecule has 1 aliphatic rings. The Morgan fingerprint density at radius 3 is 2.80 bits per heavy atom. The van der Waals surface area contributed by atoms with Crippen LogP contribution in [0.15, 0.2) is 30.6 Å². The van der Waals surface area contributed by atoms with Gasteiger partial charge in [0.2, 0.25) is 0 Å². The number of nitro benzene ring substituents is 1. The maximum atomic E-state index is 11.1. The van der Waals surface area contributed by atoms with E-state index in [0.717, 1.165) is 23.9 Å². The van der Waals surface area contributed by atoms with Gasteiger partial charge in [0.15, 0.2) is 0 Å². The number of thioether (sulfide) groups is 1. The van der Waals surface area contributed by atoms with Crippen LogP contribution in [-0.4, -0.2) is 27.5 Å². The fraction of sp³-hybridized carbons (Fsp3) is 0.357. The Morgan fingerprint density at radius 2 is 2.05 bits per heavy atom. The van der Waals surface area contributed by atoms with Crippen LogP contribution < -0.4 is 5.32 Å². The first-order valence-electron chi connectivity index (χ1n) is 6.61. The van der Waals surface area contributed by atoms with Crippen LogP contribution in [0.5, 0.6) is 0 Å². The Hall–Kier alpha value is -1.82. The van der Waals surface area contributed by atoms with Crippen LogP contribution in [0.2, 0.25) is 0 Å². The van der Waals surface area contributed by atoms with Crippen LogP contribution in [0.1, 0.15) is 12.8 Å². The number of non-ortho nitro benzene ring substituents is 1. The van der Waals surface area contributed by atoms with Gasteiger partial charge in [-0.1, -0.05) is 0 Å². The Morgan fingerprint density at radius 1 is 1.25 bits per heavy atom. The van der Waals surface area contributed by atoms with Crippen molar-refractivity contribution in [1.29, 1.82) is 0 Å². The number of rotatable bonds is 3. The summed E-state index contributed by atoms with van der Waals surface area (Å²) in [6.45, 7) is 0. The van der Waals surface area contributed by atoms with Crippen molar-refractivity contribution >= 4 is 33.9 Å². The molecular formula is C14H15N3O2S. The third-order valence-corrected chi connectivity index (χ3v) is 4.62. The number of hydrogen-bond acceptors (Lipinski definition) is 5. The zero-order valence-electron chi connectivity index (χ0n) is 10.9. The first-order valence-corrected chi connectivity index (χ1v) is 7.76. The SMILES string of the molecule is O=[N+]([O-])c1ccc(NC2CCSCC2)c2cnccc12. The normalized spacial score (nSPS) is 16.2. The summed E-state index contributed by atoms with van der Waals surface area (Å²) in [6, 6.07) is 5.52. The molecule has 6 heteroatoms. The molecule has 0 bridgehead atoms. The lowest BCUT2D eigenvalue weighted by atomic mass is 10.1. The van der Waals surface area contributed by atoms with Crippen LogP contribution in [0.25, 0.3) is 10.8 Å². The van der Waals surface area contributed by atoms with E-state index in [-0.39, 0.29) is 10.6 Å². The van der Waals surface area contributed by atoms with Gasteiger partial charge in [-0.2, -0.15) is 11.8 Å². The summed E-state index contributed by atoms with van der Waals surface area (Å²) < 4.78 is 0. The van der Waals surface area contributed by atoms with Crippen molar-refractivity contribution in [3.8, 4) is 0 Å². The molecule has 0 aliphatic carbocycles. The Labute approximate surface area is 120 Å². The van der Waals surface area contributed by atoms with Crippen LogP contribution in [0.3, 0.4) is 0 Å². The number of hydrogen-bond donors (Lipinski definition) is 1. The largest absolute Gasteiger partial charge is 0.382 e. The highest BCUT2D eigenvalue weighted by Gasteiger charge is 2.17. The first kappa shape index (κ1) is 13.2. The second-order valence-corrected chi connectivity index (χ2v) is 6.07. The molecule has 20 heavy (non-hydrogen) atoms. The molecule has 0 unspecified atom stereocenters. The molecule has 0 amide bonds. The van der Waals surface area contributed by atoms with Crippen molar-refractivity contribution in [2.75, 3.05) is 16.8 Å². The molecule has 0 spiro atoms. The van der Waals surface area contributed by atoms with E-state index in [1.165, 1.54) is 11.5 Å². The minimum atomic E-state index is -0.344. The highest BCUT2D eigenvalue weighted by Crippen LogP contribution is 2.32. The standard InChI is InChI=1S/C14H15N3O2S/c18-17(19)14-2-1-13(12-9-15-6-3-11(12)14)16-10-4-7-20-8-5-10/h1-3,6,9-10,16H,4-5,7-8H2. The molecule has 1 N–H and O–H groups in total. The molecule has 1 fully saturated rings. The van der Waals surface area contributed by atoms with E-state index in [1.54, 1.807) is 30.6 Å². The minimum Gasteiger partial charge on any atom is -0.382 e. The van der Waals surface area contributed by atoms with Gasteiger partial charge in [-0.3, -0.25) is 15.1 Å². The number of anilines is 1. The van der Waals surface area contributed by atoms with Crippen molar-refractivity contribution in [2.24, 2.45) is 0 Å². The van der Waals surface area contributed by atoms with Crippen molar-refractivity contribution in [1.82, 2.24) is 4.98 Å². The van der Waals surface area contributed by atoms with Gasteiger partial charge in [-0.15, -0.1) is 0 Å². The van der Waals surface area contributed by atoms with E-state index < -0.39 is 0 Å². The topological polar surface area (TPSA) is 68.1 Å². The predicted molar refractivity (Wildman–Crippen MR) is 82.4 cm³/mol. The number of nitrogens with zero attached hydrogens (tertiary/aromatic N) is 2. The third kappa shape index (κ3) is 2.56. The third-order valence-electron chi connectivity index (χ3n) is 3.57. The lowest BCUT2D eigenvalue weighted by Crippen LogP contribution is -2.24. The quantitative estimate of drug-likeness (QED) is 0.692. The van der Waals surface area contributed by atoms with Gasteiger partial charge in [0.1, 0.15) is 0 Å². The molecule has 5 nitrogen and oxygen atoms in total. The molecular weight excluding hydrogens is 274 g/mol. The fourth-order valence-corrected chi connectivity index (χ4v) is 3.63. The smallest absolute Gasteiger partial charge is 0.277 e. The van der Waals surface area contributed by atoms with Crippen molar-refractivity contribution in [3.63, 3.8) is 0 Å². The van der Waals surface area contributed by atoms with Crippen molar-refractivity contribution in [2.45, 2.75) is 18.9 Å². The van der Waals surface area contributed by atoms with E-state index in [1.807, 2.05) is 11.8 Å². The molecule has 104 valence electrons. The second-order valence-electron chi connectivity index (χ2n) is 4.84. The van der Waals surface area contributed by atoms with E-state index >= 15 is 0 Å². The van der Waals surface area contributed by atoms with Crippen molar-refractivity contribution < 1.29 is 4.92 Å². The molecule has 1 aromatic heterocycles. The predicted octanol–water partition coefficient (Wildman–Crippen LogP) is 3.45. The fourth-order valence-electron chi connectivity index (χ4n) is 2.52. The zero-order valence-corrected chi connectivity index (χ0v) is 11.7. The second kappa shape index (κ2) is 5.66. The van der Waals surface area contributed by atoms with Crippen LogP contribution in [0.4, 0.5) is 11.4 Å². The lowest BCUT2D eigenvalue weighted by molar-refractivity contribution is -0.383. The molecule has 3 rings (SSSR count). The van der Waals surface area contributed by atoms with Gasteiger partial charge < -0.3 is 5.32 Å². The monoisotopic (exact) mass is 289 g/mol. The highest BCUT2D eigenvalue weighted by atomic mass is 32.2. The lowest BCUT2D eigenvalue weighted by Gasteiger charge is -2.24. The Balaban J connectivity index is 1.99. The van der Waals surface area contributed by atoms with E-state index in [2.05, 4.69) is 10.3 Å². The molecule has 0 saturated carbocycles. The molecule has 2 heterocycles. The molecule has 2 aromatic rings. The molecule has 1 aromatic carbocycles. The minimum absolute atomic E-state index is 0.132. The molecule has 0 radical (unpaired) electrons. The average molecular weight is 289 g/mol. The number of benzene rings is 1. The first-order chi connectivity index (χ1) is 9.75. The maximum absolute atomic E-state index is 11.1. The molecule has 1 saturated heterocycles. The van der Waals surface area contributed by atoms with Gasteiger partial charge >= 0.3 is 0 Å². The Bertz CT molecular complexity index is 641. The van der Waals surface area contributed by atoms with Gasteiger partial charge in [-0.25, -0.2) is 0 Å². The van der Waals surface area contributed by atoms with E-state index in [0.29, 0.717) is 11.4 Å². The van der Waals surface area contributed by atoms with Crippen LogP contribution >= 0.6 is 11.8 Å². The number of nitro groups is 1. The van der Waals surface area contributed by atoms with Gasteiger partial charge in [-0.05, 0) is 36.5 Å². The number of fused-ring (bicyclic) bond motifs is 1. The number of pyridine rings is 1. The van der Waals surface area contributed by atoms with Gasteiger partial charge in [0.05, 0.1) is 10.3 Å².